The van der Waals surface area contributed by atoms with Gasteiger partial charge in [-0.2, -0.15) is 0 Å². The lowest BCUT2D eigenvalue weighted by Crippen LogP contribution is -2.35. The van der Waals surface area contributed by atoms with Crippen LogP contribution >= 0.6 is 0 Å². The number of rotatable bonds is 3. The fourth-order valence-corrected chi connectivity index (χ4v) is 2.75. The van der Waals surface area contributed by atoms with Gasteiger partial charge >= 0.3 is 0 Å². The topological polar surface area (TPSA) is 36.4 Å². The molecule has 20 heavy (non-hydrogen) atoms. The van der Waals surface area contributed by atoms with E-state index >= 15 is 0 Å². The third kappa shape index (κ3) is 3.30. The van der Waals surface area contributed by atoms with E-state index in [1.54, 1.807) is 19.0 Å². The quantitative estimate of drug-likeness (QED) is 0.851. The Hall–Kier alpha value is -1.58. The molecule has 0 aromatic carbocycles. The molecule has 0 saturated carbocycles. The summed E-state index contributed by atoms with van der Waals surface area (Å²) in [7, 11) is 3.49. The maximum absolute atomic E-state index is 11.8. The summed E-state index contributed by atoms with van der Waals surface area (Å²) in [5, 5.41) is 0. The van der Waals surface area contributed by atoms with Gasteiger partial charge in [0.1, 0.15) is 5.69 Å². The van der Waals surface area contributed by atoms with Crippen LogP contribution in [-0.4, -0.2) is 43.0 Å². The minimum atomic E-state index is -0.0462. The minimum Gasteiger partial charge on any atom is -0.370 e. The molecule has 1 aromatic heterocycles. The highest BCUT2D eigenvalue weighted by molar-refractivity contribution is 5.92. The standard InChI is InChI=1S/C16H25N3O/c1-12(2)13-7-9-19(10-8-13)14-5-6-15(17-11-14)16(20)18(3)4/h5-6,11-13H,7-10H2,1-4H3. The first-order chi connectivity index (χ1) is 9.49. The molecular weight excluding hydrogens is 250 g/mol. The van der Waals surface area contributed by atoms with Gasteiger partial charge in [-0.15, -0.1) is 0 Å². The van der Waals surface area contributed by atoms with Crippen molar-refractivity contribution in [3.63, 3.8) is 0 Å². The van der Waals surface area contributed by atoms with E-state index in [0.717, 1.165) is 30.6 Å². The van der Waals surface area contributed by atoms with Crippen molar-refractivity contribution in [1.82, 2.24) is 9.88 Å². The van der Waals surface area contributed by atoms with E-state index in [1.807, 2.05) is 18.3 Å². The summed E-state index contributed by atoms with van der Waals surface area (Å²) in [4.78, 5) is 20.0. The number of hydrogen-bond acceptors (Lipinski definition) is 3. The molecule has 0 bridgehead atoms. The fourth-order valence-electron chi connectivity index (χ4n) is 2.75. The van der Waals surface area contributed by atoms with Crippen LogP contribution < -0.4 is 4.90 Å². The van der Waals surface area contributed by atoms with Crippen molar-refractivity contribution < 1.29 is 4.79 Å². The normalized spacial score (nSPS) is 16.6. The average Bonchev–Trinajstić information content (AvgIpc) is 2.46. The molecule has 1 saturated heterocycles. The van der Waals surface area contributed by atoms with Gasteiger partial charge in [-0.25, -0.2) is 4.98 Å². The number of amides is 1. The number of piperidine rings is 1. The Bertz CT molecular complexity index is 445. The summed E-state index contributed by atoms with van der Waals surface area (Å²) in [6.45, 7) is 6.80. The Labute approximate surface area is 121 Å². The largest absolute Gasteiger partial charge is 0.370 e. The Balaban J connectivity index is 1.99. The van der Waals surface area contributed by atoms with E-state index in [-0.39, 0.29) is 5.91 Å². The number of carbonyl (C=O) groups is 1. The number of anilines is 1. The van der Waals surface area contributed by atoms with E-state index in [9.17, 15) is 4.79 Å². The first-order valence-electron chi connectivity index (χ1n) is 7.41. The molecule has 4 nitrogen and oxygen atoms in total. The van der Waals surface area contributed by atoms with E-state index in [4.69, 9.17) is 0 Å². The van der Waals surface area contributed by atoms with Crippen molar-refractivity contribution in [1.29, 1.82) is 0 Å². The predicted molar refractivity (Wildman–Crippen MR) is 82.0 cm³/mol. The fraction of sp³-hybridized carbons (Fsp3) is 0.625. The number of hydrogen-bond donors (Lipinski definition) is 0. The number of nitrogens with zero attached hydrogens (tertiary/aromatic N) is 3. The highest BCUT2D eigenvalue weighted by atomic mass is 16.2. The molecule has 1 fully saturated rings. The molecule has 4 heteroatoms. The van der Waals surface area contributed by atoms with Crippen LogP contribution in [0.1, 0.15) is 37.2 Å². The molecule has 110 valence electrons. The van der Waals surface area contributed by atoms with Gasteiger partial charge in [0.15, 0.2) is 0 Å². The number of pyridine rings is 1. The van der Waals surface area contributed by atoms with Gasteiger partial charge in [-0.05, 0) is 36.8 Å². The molecule has 0 radical (unpaired) electrons. The minimum absolute atomic E-state index is 0.0462. The van der Waals surface area contributed by atoms with Crippen LogP contribution in [0.25, 0.3) is 0 Å². The number of carbonyl (C=O) groups excluding carboxylic acids is 1. The molecule has 0 unspecified atom stereocenters. The lowest BCUT2D eigenvalue weighted by atomic mass is 9.86. The molecule has 1 aromatic rings. The van der Waals surface area contributed by atoms with Crippen molar-refractivity contribution in [3.05, 3.63) is 24.0 Å². The zero-order chi connectivity index (χ0) is 14.7. The Morgan fingerprint density at radius 1 is 1.30 bits per heavy atom. The lowest BCUT2D eigenvalue weighted by molar-refractivity contribution is 0.0822. The van der Waals surface area contributed by atoms with E-state index in [1.165, 1.54) is 12.8 Å². The summed E-state index contributed by atoms with van der Waals surface area (Å²) >= 11 is 0. The average molecular weight is 275 g/mol. The van der Waals surface area contributed by atoms with Gasteiger partial charge in [0.05, 0.1) is 11.9 Å². The third-order valence-electron chi connectivity index (χ3n) is 4.22. The Morgan fingerprint density at radius 3 is 2.40 bits per heavy atom. The SMILES string of the molecule is CC(C)C1CCN(c2ccc(C(=O)N(C)C)nc2)CC1. The van der Waals surface area contributed by atoms with Crippen molar-refractivity contribution >= 4 is 11.6 Å². The van der Waals surface area contributed by atoms with Crippen molar-refractivity contribution in [2.45, 2.75) is 26.7 Å². The second-order valence-corrected chi connectivity index (χ2v) is 6.17. The molecule has 0 atom stereocenters. The summed E-state index contributed by atoms with van der Waals surface area (Å²) in [5.74, 6) is 1.57. The van der Waals surface area contributed by atoms with Crippen LogP contribution in [0.4, 0.5) is 5.69 Å². The molecule has 1 aliphatic rings. The molecule has 2 heterocycles. The van der Waals surface area contributed by atoms with Crippen LogP contribution in [-0.2, 0) is 0 Å². The van der Waals surface area contributed by atoms with Gasteiger partial charge in [0.2, 0.25) is 0 Å². The highest BCUT2D eigenvalue weighted by Gasteiger charge is 2.22. The van der Waals surface area contributed by atoms with Crippen LogP contribution in [0.2, 0.25) is 0 Å². The van der Waals surface area contributed by atoms with E-state index in [2.05, 4.69) is 23.7 Å². The zero-order valence-electron chi connectivity index (χ0n) is 13.0. The van der Waals surface area contributed by atoms with Gasteiger partial charge in [0, 0.05) is 27.2 Å². The summed E-state index contributed by atoms with van der Waals surface area (Å²) < 4.78 is 0. The summed E-state index contributed by atoms with van der Waals surface area (Å²) in [6, 6.07) is 3.84. The molecular formula is C16H25N3O. The summed E-state index contributed by atoms with van der Waals surface area (Å²) in [6.07, 6.45) is 4.32. The van der Waals surface area contributed by atoms with Crippen LogP contribution in [0, 0.1) is 11.8 Å². The number of aromatic nitrogens is 1. The van der Waals surface area contributed by atoms with Gasteiger partial charge < -0.3 is 9.80 Å². The molecule has 2 rings (SSSR count). The smallest absolute Gasteiger partial charge is 0.271 e. The zero-order valence-corrected chi connectivity index (χ0v) is 13.0. The van der Waals surface area contributed by atoms with E-state index < -0.39 is 0 Å². The maximum Gasteiger partial charge on any atom is 0.271 e. The predicted octanol–water partition coefficient (Wildman–Crippen LogP) is 2.66. The third-order valence-corrected chi connectivity index (χ3v) is 4.22. The highest BCUT2D eigenvalue weighted by Crippen LogP contribution is 2.27. The molecule has 0 N–H and O–H groups in total. The molecule has 0 spiro atoms. The van der Waals surface area contributed by atoms with Crippen molar-refractivity contribution in [3.8, 4) is 0 Å². The first-order valence-corrected chi connectivity index (χ1v) is 7.41. The van der Waals surface area contributed by atoms with Crippen molar-refractivity contribution in [2.24, 2.45) is 11.8 Å². The monoisotopic (exact) mass is 275 g/mol. The van der Waals surface area contributed by atoms with Gasteiger partial charge in [0.25, 0.3) is 5.91 Å². The maximum atomic E-state index is 11.8. The molecule has 1 aliphatic heterocycles. The Kier molecular flexibility index (Phi) is 4.63. The van der Waals surface area contributed by atoms with Crippen LogP contribution in [0.5, 0.6) is 0 Å². The lowest BCUT2D eigenvalue weighted by Gasteiger charge is -2.35. The first kappa shape index (κ1) is 14.8. The second-order valence-electron chi connectivity index (χ2n) is 6.17. The van der Waals surface area contributed by atoms with Gasteiger partial charge in [-0.3, -0.25) is 4.79 Å². The van der Waals surface area contributed by atoms with Crippen LogP contribution in [0.3, 0.4) is 0 Å². The Morgan fingerprint density at radius 2 is 1.95 bits per heavy atom. The van der Waals surface area contributed by atoms with Gasteiger partial charge in [-0.1, -0.05) is 13.8 Å². The molecule has 1 amide bonds. The second kappa shape index (κ2) is 6.25. The summed E-state index contributed by atoms with van der Waals surface area (Å²) in [5.41, 5.74) is 1.64. The van der Waals surface area contributed by atoms with Crippen LogP contribution in [0.15, 0.2) is 18.3 Å². The molecule has 0 aliphatic carbocycles. The van der Waals surface area contributed by atoms with Crippen molar-refractivity contribution in [2.75, 3.05) is 32.1 Å². The van der Waals surface area contributed by atoms with E-state index in [0.29, 0.717) is 5.69 Å².